The summed E-state index contributed by atoms with van der Waals surface area (Å²) in [6.45, 7) is 4.78. The summed E-state index contributed by atoms with van der Waals surface area (Å²) in [6.07, 6.45) is 5.60. The van der Waals surface area contributed by atoms with Crippen molar-refractivity contribution in [2.75, 3.05) is 84.7 Å². The Hall–Kier alpha value is -7.32. The van der Waals surface area contributed by atoms with Gasteiger partial charge in [0.05, 0.1) is 30.1 Å². The molecule has 1 unspecified atom stereocenters. The van der Waals surface area contributed by atoms with Gasteiger partial charge in [-0.15, -0.1) is 0 Å². The van der Waals surface area contributed by atoms with Crippen LogP contribution in [0, 0.1) is 11.7 Å². The summed E-state index contributed by atoms with van der Waals surface area (Å²) in [6, 6.07) is 16.1. The van der Waals surface area contributed by atoms with Gasteiger partial charge >= 0.3 is 0 Å². The maximum absolute atomic E-state index is 13.6. The molecular formula is C46H50FN13O6. The number of piperidine rings is 2. The Bertz CT molecular complexity index is 2640. The van der Waals surface area contributed by atoms with Crippen molar-refractivity contribution in [2.45, 2.75) is 44.7 Å². The lowest BCUT2D eigenvalue weighted by atomic mass is 9.98. The normalized spacial score (nSPS) is 18.0. The Balaban J connectivity index is 0.741. The third kappa shape index (κ3) is 9.98. The van der Waals surface area contributed by atoms with Crippen LogP contribution in [0.15, 0.2) is 73.1 Å². The van der Waals surface area contributed by atoms with Crippen molar-refractivity contribution in [1.29, 1.82) is 0 Å². The zero-order valence-electron chi connectivity index (χ0n) is 36.1. The predicted molar refractivity (Wildman–Crippen MR) is 244 cm³/mol. The van der Waals surface area contributed by atoms with E-state index in [1.54, 1.807) is 42.7 Å². The number of halogens is 1. The van der Waals surface area contributed by atoms with E-state index in [1.165, 1.54) is 17.0 Å². The summed E-state index contributed by atoms with van der Waals surface area (Å²) in [5.41, 5.74) is 3.72. The zero-order chi connectivity index (χ0) is 45.7. The standard InChI is InChI=1S/C46H50FN13O6/c47-29-4-6-30(7-5-29)51-46-53-36-24-50-39(22-33(36)43(56-46)59-16-13-28(27-61)14-17-59)54-38-10-8-31(23-49-38)58-20-18-57(19-21-58)26-42(64)48-15-12-41(63)52-35-3-1-2-32-34(35)25-60(45(32)66)37-9-11-40(62)55-44(37)65/h1-8,10,22-24,28,37,61H,9,11-21,25-27H2,(H,48,64)(H,52,63)(H,49,50,54)(H,51,53,56)(H,55,62,65). The van der Waals surface area contributed by atoms with E-state index in [4.69, 9.17) is 9.97 Å². The molecule has 0 aliphatic carbocycles. The quantitative estimate of drug-likeness (QED) is 0.0879. The first-order chi connectivity index (χ1) is 32.1. The van der Waals surface area contributed by atoms with E-state index in [0.717, 1.165) is 42.8 Å². The first-order valence-electron chi connectivity index (χ1n) is 22.2. The van der Waals surface area contributed by atoms with Gasteiger partial charge in [0.2, 0.25) is 29.6 Å². The van der Waals surface area contributed by atoms with Crippen molar-refractivity contribution in [1.82, 2.24) is 40.4 Å². The SMILES string of the molecule is O=C(CN1CCN(c2ccc(Nc3cc4c(N5CCC(CO)CC5)nc(Nc5ccc(F)cc5)nc4cn3)nc2)CC1)NCCC(=O)Nc1cccc2c1CN(C1CCC(=O)NC1=O)C2=O. The number of carbonyl (C=O) groups excluding carboxylic acids is 5. The van der Waals surface area contributed by atoms with Gasteiger partial charge in [-0.25, -0.2) is 19.3 Å². The van der Waals surface area contributed by atoms with Crippen LogP contribution < -0.4 is 36.4 Å². The number of hydrogen-bond acceptors (Lipinski definition) is 15. The lowest BCUT2D eigenvalue weighted by molar-refractivity contribution is -0.137. The molecule has 7 heterocycles. The van der Waals surface area contributed by atoms with Crippen LogP contribution in [-0.2, 0) is 25.7 Å². The average Bonchev–Trinajstić information content (AvgIpc) is 3.66. The van der Waals surface area contributed by atoms with Crippen molar-refractivity contribution in [3.05, 3.63) is 90.0 Å². The van der Waals surface area contributed by atoms with Gasteiger partial charge in [0.1, 0.15) is 29.3 Å². The molecule has 0 bridgehead atoms. The number of carbonyl (C=O) groups is 5. The van der Waals surface area contributed by atoms with E-state index in [9.17, 15) is 33.5 Å². The molecule has 342 valence electrons. The fourth-order valence-corrected chi connectivity index (χ4v) is 8.80. The number of fused-ring (bicyclic) bond motifs is 2. The van der Waals surface area contributed by atoms with E-state index in [-0.39, 0.29) is 80.9 Å². The number of amides is 5. The minimum absolute atomic E-state index is 0.0296. The lowest BCUT2D eigenvalue weighted by Crippen LogP contribution is -2.52. The fourth-order valence-electron chi connectivity index (χ4n) is 8.80. The topological polar surface area (TPSA) is 230 Å². The molecule has 4 aliphatic rings. The van der Waals surface area contributed by atoms with Crippen molar-refractivity contribution >= 4 is 80.9 Å². The number of benzene rings is 2. The van der Waals surface area contributed by atoms with E-state index in [1.807, 2.05) is 18.2 Å². The smallest absolute Gasteiger partial charge is 0.255 e. The van der Waals surface area contributed by atoms with Crippen LogP contribution in [0.25, 0.3) is 10.9 Å². The summed E-state index contributed by atoms with van der Waals surface area (Å²) < 4.78 is 13.6. The Labute approximate surface area is 379 Å². The average molecular weight is 900 g/mol. The molecule has 3 saturated heterocycles. The van der Waals surface area contributed by atoms with Gasteiger partial charge < -0.3 is 41.1 Å². The Kier molecular flexibility index (Phi) is 12.9. The maximum atomic E-state index is 13.6. The molecule has 0 spiro atoms. The number of anilines is 7. The van der Waals surface area contributed by atoms with E-state index in [0.29, 0.717) is 71.8 Å². The number of nitrogens with one attached hydrogen (secondary N) is 5. The van der Waals surface area contributed by atoms with Crippen LogP contribution in [0.1, 0.15) is 48.0 Å². The molecule has 6 N–H and O–H groups in total. The number of rotatable bonds is 14. The molecule has 1 atom stereocenters. The number of aliphatic hydroxyl groups excluding tert-OH is 1. The van der Waals surface area contributed by atoms with Crippen LogP contribution >= 0.6 is 0 Å². The number of piperazine rings is 1. The Morgan fingerprint density at radius 1 is 0.833 bits per heavy atom. The second-order valence-corrected chi connectivity index (χ2v) is 16.9. The summed E-state index contributed by atoms with van der Waals surface area (Å²) in [5.74, 6) is 0.505. The summed E-state index contributed by atoms with van der Waals surface area (Å²) in [5, 5.41) is 25.0. The van der Waals surface area contributed by atoms with E-state index < -0.39 is 11.9 Å². The molecule has 5 aromatic rings. The molecule has 5 amide bonds. The number of aliphatic hydroxyl groups is 1. The highest BCUT2D eigenvalue weighted by molar-refractivity contribution is 6.07. The summed E-state index contributed by atoms with van der Waals surface area (Å²) in [4.78, 5) is 89.8. The predicted octanol–water partition coefficient (Wildman–Crippen LogP) is 3.28. The van der Waals surface area contributed by atoms with Gasteiger partial charge in [-0.2, -0.15) is 4.98 Å². The van der Waals surface area contributed by atoms with Crippen molar-refractivity contribution in [3.8, 4) is 0 Å². The van der Waals surface area contributed by atoms with Crippen molar-refractivity contribution in [3.63, 3.8) is 0 Å². The number of nitrogens with zero attached hydrogens (tertiary/aromatic N) is 8. The second-order valence-electron chi connectivity index (χ2n) is 16.9. The molecule has 4 aliphatic heterocycles. The minimum atomic E-state index is -0.756. The largest absolute Gasteiger partial charge is 0.396 e. The van der Waals surface area contributed by atoms with Crippen molar-refractivity contribution in [2.24, 2.45) is 5.92 Å². The van der Waals surface area contributed by atoms with Crippen molar-refractivity contribution < 1.29 is 33.5 Å². The molecule has 3 fully saturated rings. The maximum Gasteiger partial charge on any atom is 0.255 e. The Morgan fingerprint density at radius 3 is 2.36 bits per heavy atom. The first kappa shape index (κ1) is 43.9. The summed E-state index contributed by atoms with van der Waals surface area (Å²) >= 11 is 0. The molecule has 2 aromatic carbocycles. The highest BCUT2D eigenvalue weighted by Crippen LogP contribution is 2.34. The third-order valence-corrected chi connectivity index (χ3v) is 12.5. The molecule has 66 heavy (non-hydrogen) atoms. The highest BCUT2D eigenvalue weighted by Gasteiger charge is 2.40. The molecule has 19 nitrogen and oxygen atoms in total. The van der Waals surface area contributed by atoms with Crippen LogP contribution in [-0.4, -0.2) is 129 Å². The molecule has 0 saturated carbocycles. The lowest BCUT2D eigenvalue weighted by Gasteiger charge is -2.35. The number of hydrogen-bond donors (Lipinski definition) is 6. The molecule has 20 heteroatoms. The van der Waals surface area contributed by atoms with Gasteiger partial charge in [-0.1, -0.05) is 6.07 Å². The van der Waals surface area contributed by atoms with Crippen LogP contribution in [0.5, 0.6) is 0 Å². The number of aromatic nitrogens is 4. The highest BCUT2D eigenvalue weighted by atomic mass is 19.1. The van der Waals surface area contributed by atoms with Crippen LogP contribution in [0.3, 0.4) is 0 Å². The zero-order valence-corrected chi connectivity index (χ0v) is 36.1. The van der Waals surface area contributed by atoms with Gasteiger partial charge in [0.25, 0.3) is 5.91 Å². The fraction of sp³-hybridized carbons (Fsp3) is 0.370. The first-order valence-corrected chi connectivity index (χ1v) is 22.2. The molecule has 3 aromatic heterocycles. The second kappa shape index (κ2) is 19.4. The van der Waals surface area contributed by atoms with Crippen LogP contribution in [0.2, 0.25) is 0 Å². The summed E-state index contributed by atoms with van der Waals surface area (Å²) in [7, 11) is 0. The van der Waals surface area contributed by atoms with E-state index in [2.05, 4.69) is 51.3 Å². The number of pyridine rings is 2. The van der Waals surface area contributed by atoms with Gasteiger partial charge in [0.15, 0.2) is 0 Å². The van der Waals surface area contributed by atoms with E-state index >= 15 is 0 Å². The molecular weight excluding hydrogens is 850 g/mol. The van der Waals surface area contributed by atoms with Gasteiger partial charge in [-0.05, 0) is 79.8 Å². The van der Waals surface area contributed by atoms with Gasteiger partial charge in [0, 0.05) is 99.7 Å². The third-order valence-electron chi connectivity index (χ3n) is 12.5. The van der Waals surface area contributed by atoms with Gasteiger partial charge in [-0.3, -0.25) is 34.2 Å². The monoisotopic (exact) mass is 899 g/mol. The van der Waals surface area contributed by atoms with Crippen LogP contribution in [0.4, 0.5) is 44.9 Å². The molecule has 9 rings (SSSR count). The number of imide groups is 1. The Morgan fingerprint density at radius 2 is 1.62 bits per heavy atom. The molecule has 0 radical (unpaired) electrons. The minimum Gasteiger partial charge on any atom is -0.396 e.